The minimum Gasteiger partial charge on any atom is -0.394 e. The summed E-state index contributed by atoms with van der Waals surface area (Å²) < 4.78 is 196. The monoisotopic (exact) mass is 568 g/mol. The highest BCUT2D eigenvalue weighted by atomic mass is 32.2. The van der Waals surface area contributed by atoms with Crippen LogP contribution >= 0.6 is 0 Å². The Balaban J connectivity index is -0.000000453. The lowest BCUT2D eigenvalue weighted by atomic mass is 10.2. The van der Waals surface area contributed by atoms with E-state index in [0.29, 0.717) is 0 Å². The van der Waals surface area contributed by atoms with Crippen molar-refractivity contribution in [2.75, 3.05) is 18.1 Å². The first-order valence-corrected chi connectivity index (χ1v) is 10.6. The van der Waals surface area contributed by atoms with Crippen molar-refractivity contribution in [1.82, 2.24) is 0 Å². The van der Waals surface area contributed by atoms with E-state index in [1.165, 1.54) is 6.92 Å². The third kappa shape index (κ3) is 19.0. The summed E-state index contributed by atoms with van der Waals surface area (Å²) in [5, 5.41) is 16.0. The van der Waals surface area contributed by atoms with Crippen LogP contribution in [0, 0.1) is 0 Å². The summed E-state index contributed by atoms with van der Waals surface area (Å²) in [6.45, 7) is 1.39. The maximum Gasteiger partial charge on any atom is 0.425 e. The molecule has 8 nitrogen and oxygen atoms in total. The summed E-state index contributed by atoms with van der Waals surface area (Å²) in [5.74, 6) is -15.6. The molecule has 0 spiro atoms. The molecule has 4 N–H and O–H groups in total. The highest BCUT2D eigenvalue weighted by Crippen LogP contribution is 2.36. The molecule has 0 aliphatic rings. The van der Waals surface area contributed by atoms with Crippen LogP contribution < -0.4 is 0 Å². The van der Waals surface area contributed by atoms with Crippen molar-refractivity contribution in [3.05, 3.63) is 0 Å². The summed E-state index contributed by atoms with van der Waals surface area (Å²) >= 11 is 0. The molecule has 0 fully saturated rings. The van der Waals surface area contributed by atoms with Crippen LogP contribution in [-0.4, -0.2) is 96.9 Å². The van der Waals surface area contributed by atoms with Crippen molar-refractivity contribution in [1.29, 1.82) is 0 Å². The topological polar surface area (TPSA) is 149 Å². The maximum absolute atomic E-state index is 12.2. The quantitative estimate of drug-likeness (QED) is 0.270. The van der Waals surface area contributed by atoms with Gasteiger partial charge < -0.3 is 10.2 Å². The first-order chi connectivity index (χ1) is 14.0. The van der Waals surface area contributed by atoms with Gasteiger partial charge in [-0.25, -0.2) is 26.3 Å². The Hall–Kier alpha value is -1.10. The molecule has 0 aromatic heterocycles. The highest BCUT2D eigenvalue weighted by Gasteiger charge is 2.59. The van der Waals surface area contributed by atoms with Crippen molar-refractivity contribution in [2.45, 2.75) is 49.6 Å². The van der Waals surface area contributed by atoms with E-state index >= 15 is 0 Å². The highest BCUT2D eigenvalue weighted by molar-refractivity contribution is 7.86. The van der Waals surface area contributed by atoms with Gasteiger partial charge in [0.15, 0.2) is 0 Å². The number of hydrogen-bond donors (Lipinski definition) is 4. The Kier molecular flexibility index (Phi) is 13.9. The smallest absolute Gasteiger partial charge is 0.394 e. The molecule has 0 bridgehead atoms. The second-order valence-electron chi connectivity index (χ2n) is 5.81. The Morgan fingerprint density at radius 1 is 0.667 bits per heavy atom. The number of aliphatic hydroxyl groups excluding tert-OH is 2. The molecule has 0 heterocycles. The van der Waals surface area contributed by atoms with Crippen LogP contribution in [-0.2, 0) is 20.2 Å². The van der Waals surface area contributed by atoms with Gasteiger partial charge in [-0.3, -0.25) is 9.11 Å². The second-order valence-corrected chi connectivity index (χ2v) is 8.72. The molecule has 0 amide bonds. The van der Waals surface area contributed by atoms with Gasteiger partial charge in [-0.05, 0) is 6.92 Å². The Morgan fingerprint density at radius 3 is 0.939 bits per heavy atom. The molecule has 204 valence electrons. The van der Waals surface area contributed by atoms with Crippen molar-refractivity contribution in [3.8, 4) is 0 Å². The van der Waals surface area contributed by atoms with Gasteiger partial charge in [0.05, 0.1) is 12.7 Å². The standard InChI is InChI=1S/2C4H4F6O3S.C3H8O2/c2*5-2(4(8,9)10)3(6,7)1-14(11,12)13;1-3(5)2-4/h2*2H,1H2,(H,11,12,13);3-5H,2H2,1H3. The molecule has 0 saturated heterocycles. The van der Waals surface area contributed by atoms with E-state index in [-0.39, 0.29) is 6.61 Å². The van der Waals surface area contributed by atoms with E-state index in [9.17, 15) is 69.5 Å². The van der Waals surface area contributed by atoms with E-state index < -0.39 is 74.4 Å². The summed E-state index contributed by atoms with van der Waals surface area (Å²) in [5.41, 5.74) is 0. The van der Waals surface area contributed by atoms with Gasteiger partial charge in [0.25, 0.3) is 32.6 Å². The number of alkyl halides is 12. The van der Waals surface area contributed by atoms with E-state index in [4.69, 9.17) is 19.3 Å². The zero-order valence-corrected chi connectivity index (χ0v) is 17.3. The summed E-state index contributed by atoms with van der Waals surface area (Å²) in [4.78, 5) is 0. The second kappa shape index (κ2) is 12.6. The van der Waals surface area contributed by atoms with Crippen molar-refractivity contribution < 1.29 is 88.8 Å². The number of rotatable bonds is 7. The maximum atomic E-state index is 12.2. The Labute approximate surface area is 177 Å². The molecule has 22 heteroatoms. The summed E-state index contributed by atoms with van der Waals surface area (Å²) in [7, 11) is -10.8. The molecule has 0 aromatic carbocycles. The molecular formula is C11H16F12O8S2. The van der Waals surface area contributed by atoms with Gasteiger partial charge in [0, 0.05) is 0 Å². The number of aliphatic hydroxyl groups is 2. The predicted molar refractivity (Wildman–Crippen MR) is 83.4 cm³/mol. The lowest BCUT2D eigenvalue weighted by Crippen LogP contribution is -2.46. The number of halogens is 12. The van der Waals surface area contributed by atoms with Gasteiger partial charge in [-0.2, -0.15) is 43.2 Å². The van der Waals surface area contributed by atoms with Crippen LogP contribution in [0.5, 0.6) is 0 Å². The molecule has 3 unspecified atom stereocenters. The van der Waals surface area contributed by atoms with Crippen LogP contribution in [0.25, 0.3) is 0 Å². The Bertz CT molecular complexity index is 714. The minimum absolute atomic E-state index is 0.139. The van der Waals surface area contributed by atoms with E-state index in [0.717, 1.165) is 0 Å². The minimum atomic E-state index is -5.88. The van der Waals surface area contributed by atoms with Gasteiger partial charge in [-0.1, -0.05) is 0 Å². The molecule has 3 atom stereocenters. The van der Waals surface area contributed by atoms with Crippen molar-refractivity contribution >= 4 is 20.2 Å². The summed E-state index contributed by atoms with van der Waals surface area (Å²) in [6, 6.07) is 0. The largest absolute Gasteiger partial charge is 0.425 e. The molecule has 0 aromatic rings. The summed E-state index contributed by atoms with van der Waals surface area (Å²) in [6.07, 6.45) is -21.6. The van der Waals surface area contributed by atoms with Crippen LogP contribution in [0.3, 0.4) is 0 Å². The fourth-order valence-electron chi connectivity index (χ4n) is 1.11. The molecule has 0 radical (unpaired) electrons. The lowest BCUT2D eigenvalue weighted by Gasteiger charge is -2.21. The fourth-order valence-corrected chi connectivity index (χ4v) is 2.38. The lowest BCUT2D eigenvalue weighted by molar-refractivity contribution is -0.238. The SMILES string of the molecule is CC(O)CO.O=S(=O)(O)CC(F)(F)C(F)C(F)(F)F.O=S(=O)(O)CC(F)(F)C(F)C(F)(F)F. The van der Waals surface area contributed by atoms with Gasteiger partial charge >= 0.3 is 24.2 Å². The molecule has 0 aliphatic carbocycles. The first kappa shape index (κ1) is 36.5. The zero-order chi connectivity index (χ0) is 27.9. The van der Waals surface area contributed by atoms with E-state index in [1.807, 2.05) is 0 Å². The van der Waals surface area contributed by atoms with Crippen LogP contribution in [0.4, 0.5) is 52.7 Å². The third-order valence-corrected chi connectivity index (χ3v) is 3.83. The zero-order valence-electron chi connectivity index (χ0n) is 15.6. The van der Waals surface area contributed by atoms with Crippen LogP contribution in [0.2, 0.25) is 0 Å². The average Bonchev–Trinajstić information content (AvgIpc) is 2.48. The van der Waals surface area contributed by atoms with E-state index in [2.05, 4.69) is 0 Å². The molecule has 33 heavy (non-hydrogen) atoms. The predicted octanol–water partition coefficient (Wildman–Crippen LogP) is 2.18. The first-order valence-electron chi connectivity index (χ1n) is 7.36. The molecule has 0 rings (SSSR count). The van der Waals surface area contributed by atoms with Crippen LogP contribution in [0.15, 0.2) is 0 Å². The van der Waals surface area contributed by atoms with Crippen LogP contribution in [0.1, 0.15) is 6.92 Å². The van der Waals surface area contributed by atoms with Gasteiger partial charge in [0.2, 0.25) is 0 Å². The van der Waals surface area contributed by atoms with E-state index in [1.54, 1.807) is 0 Å². The number of hydrogen-bond acceptors (Lipinski definition) is 6. The third-order valence-electron chi connectivity index (χ3n) is 2.33. The molecule has 0 aliphatic heterocycles. The van der Waals surface area contributed by atoms with Crippen molar-refractivity contribution in [2.24, 2.45) is 0 Å². The molecule has 0 saturated carbocycles. The average molecular weight is 568 g/mol. The molecular weight excluding hydrogens is 552 g/mol. The normalized spacial score (nSPS) is 16.5. The van der Waals surface area contributed by atoms with Crippen molar-refractivity contribution in [3.63, 3.8) is 0 Å². The Morgan fingerprint density at radius 2 is 0.848 bits per heavy atom. The van der Waals surface area contributed by atoms with Gasteiger partial charge in [0.1, 0.15) is 11.5 Å². The fraction of sp³-hybridized carbons (Fsp3) is 1.00. The van der Waals surface area contributed by atoms with Gasteiger partial charge in [-0.15, -0.1) is 0 Å².